The van der Waals surface area contributed by atoms with Crippen LogP contribution in [-0.4, -0.2) is 63.6 Å². The van der Waals surface area contributed by atoms with Gasteiger partial charge < -0.3 is 19.5 Å². The van der Waals surface area contributed by atoms with Gasteiger partial charge in [-0.3, -0.25) is 14.4 Å². The Kier molecular flexibility index (Phi) is 5.17. The van der Waals surface area contributed by atoms with Crippen LogP contribution in [0.3, 0.4) is 0 Å². The van der Waals surface area contributed by atoms with Crippen molar-refractivity contribution in [2.45, 2.75) is 63.5 Å². The number of carbonyl (C=O) groups excluding carboxylic acids is 2. The highest BCUT2D eigenvalue weighted by atomic mass is 16.3. The Morgan fingerprint density at radius 2 is 1.83 bits per heavy atom. The Balaban J connectivity index is 1.35. The third-order valence-corrected chi connectivity index (χ3v) is 7.56. The zero-order valence-corrected chi connectivity index (χ0v) is 17.5. The Morgan fingerprint density at radius 1 is 1.00 bits per heavy atom. The van der Waals surface area contributed by atoms with Crippen LogP contribution in [0.4, 0.5) is 0 Å². The first-order valence-corrected chi connectivity index (χ1v) is 11.5. The normalized spacial score (nSPS) is 28.6. The van der Waals surface area contributed by atoms with Gasteiger partial charge in [0.15, 0.2) is 0 Å². The van der Waals surface area contributed by atoms with E-state index in [1.807, 2.05) is 11.0 Å². The molecule has 1 aromatic heterocycles. The lowest BCUT2D eigenvalue weighted by Crippen LogP contribution is -2.50. The molecule has 3 atom stereocenters. The molecule has 4 aliphatic rings. The number of aliphatic hydroxyl groups excluding tert-OH is 1. The van der Waals surface area contributed by atoms with Crippen molar-refractivity contribution < 1.29 is 14.7 Å². The molecule has 162 valence electrons. The Labute approximate surface area is 176 Å². The van der Waals surface area contributed by atoms with Gasteiger partial charge in [0, 0.05) is 50.8 Å². The summed E-state index contributed by atoms with van der Waals surface area (Å²) in [7, 11) is 0. The second kappa shape index (κ2) is 7.84. The molecule has 4 heterocycles. The van der Waals surface area contributed by atoms with Gasteiger partial charge in [-0.05, 0) is 56.1 Å². The van der Waals surface area contributed by atoms with E-state index in [-0.39, 0.29) is 34.8 Å². The summed E-state index contributed by atoms with van der Waals surface area (Å²) in [6, 6.07) is 3.57. The summed E-state index contributed by atoms with van der Waals surface area (Å²) in [4.78, 5) is 42.5. The number of β-amino-alcohol motifs (C(OH)–C–C–N with tert-alkyl or cyclic N) is 1. The molecule has 0 radical (unpaired) electrons. The first-order valence-electron chi connectivity index (χ1n) is 11.5. The highest BCUT2D eigenvalue weighted by Gasteiger charge is 2.38. The minimum Gasteiger partial charge on any atom is -0.391 e. The summed E-state index contributed by atoms with van der Waals surface area (Å²) in [5, 5.41) is 9.88. The summed E-state index contributed by atoms with van der Waals surface area (Å²) in [5.41, 5.74) is 0.930. The number of amides is 2. The molecule has 2 saturated heterocycles. The predicted molar refractivity (Wildman–Crippen MR) is 111 cm³/mol. The first kappa shape index (κ1) is 19.8. The van der Waals surface area contributed by atoms with Gasteiger partial charge in [0.1, 0.15) is 5.56 Å². The van der Waals surface area contributed by atoms with Crippen molar-refractivity contribution in [2.75, 3.05) is 26.2 Å². The van der Waals surface area contributed by atoms with Crippen LogP contribution in [0.25, 0.3) is 0 Å². The summed E-state index contributed by atoms with van der Waals surface area (Å²) < 4.78 is 1.78. The van der Waals surface area contributed by atoms with Crippen molar-refractivity contribution in [3.63, 3.8) is 0 Å². The van der Waals surface area contributed by atoms with Gasteiger partial charge >= 0.3 is 0 Å². The van der Waals surface area contributed by atoms with Gasteiger partial charge in [0.05, 0.1) is 6.10 Å². The van der Waals surface area contributed by atoms with Crippen molar-refractivity contribution in [1.82, 2.24) is 14.4 Å². The highest BCUT2D eigenvalue weighted by molar-refractivity contribution is 5.94. The molecule has 3 fully saturated rings. The Morgan fingerprint density at radius 3 is 2.57 bits per heavy atom. The number of hydrogen-bond acceptors (Lipinski definition) is 4. The average Bonchev–Trinajstić information content (AvgIpc) is 2.70. The molecule has 3 aliphatic heterocycles. The third-order valence-electron chi connectivity index (χ3n) is 7.56. The van der Waals surface area contributed by atoms with Crippen LogP contribution < -0.4 is 5.56 Å². The zero-order chi connectivity index (χ0) is 20.8. The van der Waals surface area contributed by atoms with E-state index in [0.29, 0.717) is 51.5 Å². The maximum Gasteiger partial charge on any atom is 0.263 e. The van der Waals surface area contributed by atoms with E-state index in [1.54, 1.807) is 15.5 Å². The van der Waals surface area contributed by atoms with Crippen molar-refractivity contribution in [3.8, 4) is 0 Å². The number of carbonyl (C=O) groups is 2. The van der Waals surface area contributed by atoms with Crippen LogP contribution in [0.2, 0.25) is 0 Å². The number of hydrogen-bond donors (Lipinski definition) is 1. The molecule has 5 rings (SSSR count). The van der Waals surface area contributed by atoms with E-state index in [4.69, 9.17) is 0 Å². The third kappa shape index (κ3) is 3.57. The molecule has 0 spiro atoms. The van der Waals surface area contributed by atoms with Crippen molar-refractivity contribution >= 4 is 11.8 Å². The van der Waals surface area contributed by atoms with E-state index in [1.165, 1.54) is 19.3 Å². The molecular formula is C23H31N3O4. The van der Waals surface area contributed by atoms with Crippen LogP contribution in [0.1, 0.15) is 66.9 Å². The summed E-state index contributed by atoms with van der Waals surface area (Å²) in [6.07, 6.45) is 6.22. The zero-order valence-electron chi connectivity index (χ0n) is 17.5. The molecule has 0 aromatic carbocycles. The number of likely N-dealkylation sites (tertiary alicyclic amines) is 2. The molecule has 7 heteroatoms. The number of aromatic nitrogens is 1. The van der Waals surface area contributed by atoms with Crippen molar-refractivity contribution in [1.29, 1.82) is 0 Å². The standard InChI is InChI=1S/C23H31N3O4/c27-18-5-2-8-24(14-18)22(29)19-6-7-20-17-9-16(12-26(20)23(19)30)11-25(13-17)21(28)10-15-3-1-4-15/h6-7,15-18,27H,1-5,8-14H2/t16-,17+,18-/m0/s1. The van der Waals surface area contributed by atoms with E-state index < -0.39 is 6.10 Å². The van der Waals surface area contributed by atoms with Crippen LogP contribution in [-0.2, 0) is 11.3 Å². The molecule has 1 saturated carbocycles. The number of pyridine rings is 1. The van der Waals surface area contributed by atoms with E-state index >= 15 is 0 Å². The first-order chi connectivity index (χ1) is 14.5. The van der Waals surface area contributed by atoms with Crippen LogP contribution in [0.5, 0.6) is 0 Å². The van der Waals surface area contributed by atoms with Gasteiger partial charge in [-0.15, -0.1) is 0 Å². The molecule has 1 N–H and O–H groups in total. The monoisotopic (exact) mass is 413 g/mol. The van der Waals surface area contributed by atoms with E-state index in [0.717, 1.165) is 18.5 Å². The van der Waals surface area contributed by atoms with Gasteiger partial charge in [-0.25, -0.2) is 0 Å². The highest BCUT2D eigenvalue weighted by Crippen LogP contribution is 2.37. The van der Waals surface area contributed by atoms with Gasteiger partial charge in [-0.2, -0.15) is 0 Å². The number of piperidine rings is 2. The number of fused-ring (bicyclic) bond motifs is 4. The van der Waals surface area contributed by atoms with E-state index in [2.05, 4.69) is 0 Å². The minimum absolute atomic E-state index is 0.163. The second-order valence-electron chi connectivity index (χ2n) is 9.73. The quantitative estimate of drug-likeness (QED) is 0.816. The summed E-state index contributed by atoms with van der Waals surface area (Å²) in [5.74, 6) is 0.983. The smallest absolute Gasteiger partial charge is 0.263 e. The predicted octanol–water partition coefficient (Wildman–Crippen LogP) is 1.58. The number of aliphatic hydroxyl groups is 1. The lowest BCUT2D eigenvalue weighted by Gasteiger charge is -2.43. The molecule has 7 nitrogen and oxygen atoms in total. The fourth-order valence-electron chi connectivity index (χ4n) is 5.69. The van der Waals surface area contributed by atoms with Crippen LogP contribution in [0, 0.1) is 11.8 Å². The fraction of sp³-hybridized carbons (Fsp3) is 0.696. The van der Waals surface area contributed by atoms with Crippen LogP contribution in [0.15, 0.2) is 16.9 Å². The van der Waals surface area contributed by atoms with Crippen LogP contribution >= 0.6 is 0 Å². The molecule has 1 aromatic rings. The molecule has 2 amide bonds. The van der Waals surface area contributed by atoms with Crippen molar-refractivity contribution in [2.24, 2.45) is 11.8 Å². The van der Waals surface area contributed by atoms with Gasteiger partial charge in [0.25, 0.3) is 11.5 Å². The summed E-state index contributed by atoms with van der Waals surface area (Å²) >= 11 is 0. The number of nitrogens with zero attached hydrogens (tertiary/aromatic N) is 3. The minimum atomic E-state index is -0.508. The lowest BCUT2D eigenvalue weighted by atomic mass is 9.80. The molecule has 0 unspecified atom stereocenters. The Bertz CT molecular complexity index is 906. The summed E-state index contributed by atoms with van der Waals surface area (Å²) in [6.45, 7) is 2.84. The fourth-order valence-corrected chi connectivity index (χ4v) is 5.69. The lowest BCUT2D eigenvalue weighted by molar-refractivity contribution is -0.135. The molecular weight excluding hydrogens is 382 g/mol. The molecule has 1 aliphatic carbocycles. The second-order valence-corrected chi connectivity index (χ2v) is 9.73. The van der Waals surface area contributed by atoms with E-state index in [9.17, 15) is 19.5 Å². The topological polar surface area (TPSA) is 82.9 Å². The maximum absolute atomic E-state index is 13.2. The maximum atomic E-state index is 13.2. The average molecular weight is 414 g/mol. The molecule has 2 bridgehead atoms. The SMILES string of the molecule is O=C(CC1CCC1)N1C[C@@H]2C[C@H](C1)c1ccc(C(=O)N3CCC[C@H](O)C3)c(=O)n1C2. The molecule has 30 heavy (non-hydrogen) atoms. The van der Waals surface area contributed by atoms with Gasteiger partial charge in [-0.1, -0.05) is 6.42 Å². The van der Waals surface area contributed by atoms with Gasteiger partial charge in [0.2, 0.25) is 5.91 Å². The van der Waals surface area contributed by atoms with Crippen molar-refractivity contribution in [3.05, 3.63) is 33.7 Å². The number of rotatable bonds is 3. The largest absolute Gasteiger partial charge is 0.391 e. The Hall–Kier alpha value is -2.15.